The van der Waals surface area contributed by atoms with Crippen LogP contribution in [0.15, 0.2) is 56.6 Å². The Bertz CT molecular complexity index is 942. The van der Waals surface area contributed by atoms with Crippen molar-refractivity contribution in [2.24, 2.45) is 0 Å². The molecule has 0 N–H and O–H groups in total. The molecule has 126 valence electrons. The molecule has 0 saturated heterocycles. The Hall–Kier alpha value is -2.93. The number of furan rings is 1. The molecule has 4 rings (SSSR count). The minimum Gasteiger partial charge on any atom is -0.431 e. The lowest BCUT2D eigenvalue weighted by atomic mass is 10.1. The van der Waals surface area contributed by atoms with Crippen LogP contribution in [-0.2, 0) is 5.75 Å². The zero-order valence-corrected chi connectivity index (χ0v) is 14.0. The quantitative estimate of drug-likeness (QED) is 0.506. The van der Waals surface area contributed by atoms with E-state index in [4.69, 9.17) is 18.4 Å². The van der Waals surface area contributed by atoms with Crippen LogP contribution in [0.4, 0.5) is 0 Å². The Morgan fingerprint density at radius 2 is 2.16 bits per heavy atom. The number of aromatic nitrogens is 1. The molecule has 3 heterocycles. The second-order valence-corrected chi connectivity index (χ2v) is 6.33. The standard InChI is InChI=1S/C18H13NO5S/c1-11-2-5-16(21-11)23-17-9-12-3-4-14(8-13(12)10-25-17)22-18(20)15-6-7-19-24-15/h2-9H,10H2,1H3. The SMILES string of the molecule is Cc1ccc(OC2=Cc3ccc(OC(=O)c4ccno4)cc3CS2)o1. The molecular weight excluding hydrogens is 342 g/mol. The summed E-state index contributed by atoms with van der Waals surface area (Å²) >= 11 is 1.55. The van der Waals surface area contributed by atoms with Crippen molar-refractivity contribution in [2.45, 2.75) is 12.7 Å². The number of ether oxygens (including phenoxy) is 2. The summed E-state index contributed by atoms with van der Waals surface area (Å²) in [7, 11) is 0. The number of nitrogens with zero attached hydrogens (tertiary/aromatic N) is 1. The van der Waals surface area contributed by atoms with Crippen LogP contribution in [0.25, 0.3) is 6.08 Å². The number of aryl methyl sites for hydroxylation is 1. The van der Waals surface area contributed by atoms with E-state index in [0.717, 1.165) is 22.0 Å². The lowest BCUT2D eigenvalue weighted by Crippen LogP contribution is -2.08. The van der Waals surface area contributed by atoms with E-state index in [2.05, 4.69) is 5.16 Å². The average molecular weight is 355 g/mol. The maximum atomic E-state index is 11.9. The molecule has 7 heteroatoms. The molecule has 0 amide bonds. The van der Waals surface area contributed by atoms with Crippen molar-refractivity contribution < 1.29 is 23.2 Å². The van der Waals surface area contributed by atoms with Crippen molar-refractivity contribution >= 4 is 23.8 Å². The van der Waals surface area contributed by atoms with Gasteiger partial charge in [0.15, 0.2) is 5.09 Å². The summed E-state index contributed by atoms with van der Waals surface area (Å²) in [6, 6.07) is 10.5. The molecule has 1 aromatic carbocycles. The van der Waals surface area contributed by atoms with Gasteiger partial charge in [0.05, 0.1) is 6.20 Å². The summed E-state index contributed by atoms with van der Waals surface area (Å²) in [5, 5.41) is 4.25. The second kappa shape index (κ2) is 6.52. The highest BCUT2D eigenvalue weighted by Crippen LogP contribution is 2.35. The van der Waals surface area contributed by atoms with Gasteiger partial charge in [0.2, 0.25) is 5.76 Å². The van der Waals surface area contributed by atoms with Gasteiger partial charge in [-0.25, -0.2) is 4.79 Å². The predicted molar refractivity (Wildman–Crippen MR) is 91.2 cm³/mol. The molecule has 0 fully saturated rings. The highest BCUT2D eigenvalue weighted by Gasteiger charge is 2.17. The highest BCUT2D eigenvalue weighted by atomic mass is 32.2. The van der Waals surface area contributed by atoms with E-state index in [1.54, 1.807) is 23.9 Å². The summed E-state index contributed by atoms with van der Waals surface area (Å²) < 4.78 is 21.2. The maximum Gasteiger partial charge on any atom is 0.382 e. The molecule has 6 nitrogen and oxygen atoms in total. The highest BCUT2D eigenvalue weighted by molar-refractivity contribution is 8.02. The number of carbonyl (C=O) groups excluding carboxylic acids is 1. The molecule has 0 unspecified atom stereocenters. The largest absolute Gasteiger partial charge is 0.431 e. The van der Waals surface area contributed by atoms with Gasteiger partial charge in [-0.05, 0) is 42.3 Å². The van der Waals surface area contributed by atoms with Gasteiger partial charge in [0.1, 0.15) is 11.5 Å². The molecule has 0 spiro atoms. The molecule has 0 atom stereocenters. The normalized spacial score (nSPS) is 13.1. The Morgan fingerprint density at radius 3 is 2.92 bits per heavy atom. The number of carbonyl (C=O) groups is 1. The Balaban J connectivity index is 1.49. The van der Waals surface area contributed by atoms with Gasteiger partial charge in [0.25, 0.3) is 5.95 Å². The first-order valence-electron chi connectivity index (χ1n) is 7.52. The Kier molecular flexibility index (Phi) is 4.07. The van der Waals surface area contributed by atoms with Crippen molar-refractivity contribution in [3.05, 3.63) is 70.3 Å². The molecule has 3 aromatic rings. The van der Waals surface area contributed by atoms with E-state index in [1.165, 1.54) is 12.3 Å². The Morgan fingerprint density at radius 1 is 1.24 bits per heavy atom. The van der Waals surface area contributed by atoms with E-state index >= 15 is 0 Å². The van der Waals surface area contributed by atoms with Crippen LogP contribution in [0.3, 0.4) is 0 Å². The van der Waals surface area contributed by atoms with Gasteiger partial charge < -0.3 is 18.4 Å². The number of hydrogen-bond donors (Lipinski definition) is 0. The number of thioether (sulfide) groups is 1. The topological polar surface area (TPSA) is 74.7 Å². The third-order valence-electron chi connectivity index (χ3n) is 3.52. The van der Waals surface area contributed by atoms with Gasteiger partial charge in [-0.1, -0.05) is 23.0 Å². The van der Waals surface area contributed by atoms with E-state index in [1.807, 2.05) is 31.2 Å². The summed E-state index contributed by atoms with van der Waals surface area (Å²) in [6.45, 7) is 1.87. The first-order chi connectivity index (χ1) is 12.2. The zero-order valence-electron chi connectivity index (χ0n) is 13.2. The number of benzene rings is 1. The third kappa shape index (κ3) is 3.46. The van der Waals surface area contributed by atoms with E-state index in [-0.39, 0.29) is 5.76 Å². The summed E-state index contributed by atoms with van der Waals surface area (Å²) in [6.07, 6.45) is 3.33. The number of esters is 1. The fourth-order valence-corrected chi connectivity index (χ4v) is 3.23. The predicted octanol–water partition coefficient (Wildman–Crippen LogP) is 4.42. The molecule has 2 aromatic heterocycles. The monoisotopic (exact) mass is 355 g/mol. The van der Waals surface area contributed by atoms with Crippen LogP contribution in [0.2, 0.25) is 0 Å². The lowest BCUT2D eigenvalue weighted by molar-refractivity contribution is 0.0691. The average Bonchev–Trinajstić information content (AvgIpc) is 3.27. The molecule has 0 bridgehead atoms. The van der Waals surface area contributed by atoms with Crippen molar-refractivity contribution in [1.82, 2.24) is 5.16 Å². The van der Waals surface area contributed by atoms with E-state index in [9.17, 15) is 4.79 Å². The first-order valence-corrected chi connectivity index (χ1v) is 8.50. The molecule has 1 aliphatic heterocycles. The smallest absolute Gasteiger partial charge is 0.382 e. The van der Waals surface area contributed by atoms with E-state index in [0.29, 0.717) is 17.4 Å². The molecule has 0 aliphatic carbocycles. The minimum atomic E-state index is -0.575. The second-order valence-electron chi connectivity index (χ2n) is 5.35. The Labute approximate surface area is 147 Å². The van der Waals surface area contributed by atoms with Crippen LogP contribution in [0.1, 0.15) is 27.4 Å². The van der Waals surface area contributed by atoms with Crippen LogP contribution in [0.5, 0.6) is 11.7 Å². The molecule has 1 aliphatic rings. The molecule has 25 heavy (non-hydrogen) atoms. The first kappa shape index (κ1) is 15.6. The van der Waals surface area contributed by atoms with Crippen LogP contribution in [0, 0.1) is 6.92 Å². The van der Waals surface area contributed by atoms with Crippen LogP contribution in [-0.4, -0.2) is 11.1 Å². The van der Waals surface area contributed by atoms with Gasteiger partial charge in [-0.15, -0.1) is 0 Å². The number of rotatable bonds is 4. The lowest BCUT2D eigenvalue weighted by Gasteiger charge is -2.16. The summed E-state index contributed by atoms with van der Waals surface area (Å²) in [5.41, 5.74) is 2.06. The van der Waals surface area contributed by atoms with Crippen molar-refractivity contribution in [1.29, 1.82) is 0 Å². The van der Waals surface area contributed by atoms with Crippen LogP contribution < -0.4 is 9.47 Å². The van der Waals surface area contributed by atoms with Crippen molar-refractivity contribution in [3.8, 4) is 11.7 Å². The molecule has 0 radical (unpaired) electrons. The van der Waals surface area contributed by atoms with E-state index < -0.39 is 5.97 Å². The van der Waals surface area contributed by atoms with Crippen LogP contribution >= 0.6 is 11.8 Å². The summed E-state index contributed by atoms with van der Waals surface area (Å²) in [5.74, 6) is 1.92. The van der Waals surface area contributed by atoms with Crippen molar-refractivity contribution in [2.75, 3.05) is 0 Å². The van der Waals surface area contributed by atoms with Crippen molar-refractivity contribution in [3.63, 3.8) is 0 Å². The molecular formula is C18H13NO5S. The van der Waals surface area contributed by atoms with Gasteiger partial charge in [-0.3, -0.25) is 0 Å². The minimum absolute atomic E-state index is 0.0661. The summed E-state index contributed by atoms with van der Waals surface area (Å²) in [4.78, 5) is 11.9. The number of hydrogen-bond acceptors (Lipinski definition) is 7. The maximum absolute atomic E-state index is 11.9. The van der Waals surface area contributed by atoms with Gasteiger partial charge in [0, 0.05) is 17.9 Å². The van der Waals surface area contributed by atoms with Gasteiger partial charge >= 0.3 is 5.97 Å². The van der Waals surface area contributed by atoms with Gasteiger partial charge in [-0.2, -0.15) is 0 Å². The molecule has 0 saturated carbocycles. The third-order valence-corrected chi connectivity index (χ3v) is 4.47. The fraction of sp³-hybridized carbons (Fsp3) is 0.111. The fourth-order valence-electron chi connectivity index (χ4n) is 2.33. The zero-order chi connectivity index (χ0) is 17.2. The number of fused-ring (bicyclic) bond motifs is 1.